The number of aryl methyl sites for hydroxylation is 2. The third kappa shape index (κ3) is 2.58. The molecule has 21 heavy (non-hydrogen) atoms. The maximum atomic E-state index is 12.3. The molecule has 0 fully saturated rings. The molecule has 2 aromatic carbocycles. The highest BCUT2D eigenvalue weighted by molar-refractivity contribution is 6.06. The maximum Gasteiger partial charge on any atom is 0.256 e. The van der Waals surface area contributed by atoms with Gasteiger partial charge in [0.15, 0.2) is 11.5 Å². The summed E-state index contributed by atoms with van der Waals surface area (Å²) in [6, 6.07) is 10.6. The molecule has 0 aliphatic rings. The largest absolute Gasteiger partial charge is 0.441 e. The Morgan fingerprint density at radius 3 is 2.81 bits per heavy atom. The van der Waals surface area contributed by atoms with Crippen molar-refractivity contribution in [3.8, 4) is 0 Å². The predicted octanol–water partition coefficient (Wildman–Crippen LogP) is 3.28. The third-order valence-corrected chi connectivity index (χ3v) is 3.26. The Labute approximate surface area is 121 Å². The molecule has 3 aromatic rings. The summed E-state index contributed by atoms with van der Waals surface area (Å²) in [5.74, 6) is 0.402. The summed E-state index contributed by atoms with van der Waals surface area (Å²) in [4.78, 5) is 16.6. The number of amides is 1. The lowest BCUT2D eigenvalue weighted by atomic mass is 10.1. The van der Waals surface area contributed by atoms with Crippen LogP contribution in [-0.2, 0) is 0 Å². The van der Waals surface area contributed by atoms with Crippen molar-refractivity contribution in [3.63, 3.8) is 0 Å². The lowest BCUT2D eigenvalue weighted by molar-refractivity contribution is 0.102. The summed E-state index contributed by atoms with van der Waals surface area (Å²) < 4.78 is 5.41. The molecule has 1 aromatic heterocycles. The van der Waals surface area contributed by atoms with Gasteiger partial charge in [-0.1, -0.05) is 6.07 Å². The normalized spacial score (nSPS) is 10.8. The van der Waals surface area contributed by atoms with Crippen molar-refractivity contribution < 1.29 is 9.21 Å². The number of nitrogens with one attached hydrogen (secondary N) is 1. The molecule has 5 nitrogen and oxygen atoms in total. The summed E-state index contributed by atoms with van der Waals surface area (Å²) in [5.41, 5.74) is 9.82. The Kier molecular flexibility index (Phi) is 3.10. The molecular weight excluding hydrogens is 266 g/mol. The maximum absolute atomic E-state index is 12.3. The predicted molar refractivity (Wildman–Crippen MR) is 82.3 cm³/mol. The minimum absolute atomic E-state index is 0.195. The van der Waals surface area contributed by atoms with Crippen molar-refractivity contribution in [2.45, 2.75) is 13.8 Å². The summed E-state index contributed by atoms with van der Waals surface area (Å²) >= 11 is 0. The van der Waals surface area contributed by atoms with E-state index in [-0.39, 0.29) is 5.91 Å². The standard InChI is InChI=1S/C16H15N3O2/c1-9-3-4-11(17)7-13(9)16(20)19-12-5-6-15-14(8-12)18-10(2)21-15/h3-8H,17H2,1-2H3,(H,19,20). The number of oxazole rings is 1. The summed E-state index contributed by atoms with van der Waals surface area (Å²) in [7, 11) is 0. The first-order valence-corrected chi connectivity index (χ1v) is 6.57. The minimum Gasteiger partial charge on any atom is -0.441 e. The second kappa shape index (κ2) is 4.94. The number of carbonyl (C=O) groups excluding carboxylic acids is 1. The van der Waals surface area contributed by atoms with Crippen LogP contribution in [0.4, 0.5) is 11.4 Å². The minimum atomic E-state index is -0.195. The first-order chi connectivity index (χ1) is 10.0. The summed E-state index contributed by atoms with van der Waals surface area (Å²) in [6.07, 6.45) is 0. The van der Waals surface area contributed by atoms with Gasteiger partial charge in [-0.05, 0) is 42.8 Å². The van der Waals surface area contributed by atoms with Crippen molar-refractivity contribution in [2.75, 3.05) is 11.1 Å². The number of carbonyl (C=O) groups is 1. The molecule has 106 valence electrons. The van der Waals surface area contributed by atoms with Crippen LogP contribution in [0.25, 0.3) is 11.1 Å². The van der Waals surface area contributed by atoms with Crippen molar-refractivity contribution in [1.29, 1.82) is 0 Å². The van der Waals surface area contributed by atoms with Gasteiger partial charge in [0.2, 0.25) is 0 Å². The first kappa shape index (κ1) is 13.2. The van der Waals surface area contributed by atoms with Gasteiger partial charge in [-0.15, -0.1) is 0 Å². The molecule has 0 aliphatic heterocycles. The Morgan fingerprint density at radius 2 is 2.00 bits per heavy atom. The quantitative estimate of drug-likeness (QED) is 0.706. The lowest BCUT2D eigenvalue weighted by Crippen LogP contribution is -2.13. The number of nitrogens with zero attached hydrogens (tertiary/aromatic N) is 1. The Morgan fingerprint density at radius 1 is 1.19 bits per heavy atom. The van der Waals surface area contributed by atoms with Crippen molar-refractivity contribution >= 4 is 28.4 Å². The topological polar surface area (TPSA) is 81.2 Å². The molecule has 0 saturated carbocycles. The fourth-order valence-electron chi connectivity index (χ4n) is 2.20. The van der Waals surface area contributed by atoms with Gasteiger partial charge in [0.25, 0.3) is 5.91 Å². The van der Waals surface area contributed by atoms with Gasteiger partial charge in [0.1, 0.15) is 5.52 Å². The smallest absolute Gasteiger partial charge is 0.256 e. The van der Waals surface area contributed by atoms with Crippen LogP contribution in [0.3, 0.4) is 0 Å². The molecule has 3 rings (SSSR count). The number of anilines is 2. The highest BCUT2D eigenvalue weighted by Crippen LogP contribution is 2.21. The van der Waals surface area contributed by atoms with Crippen LogP contribution in [0, 0.1) is 13.8 Å². The zero-order chi connectivity index (χ0) is 15.0. The summed E-state index contributed by atoms with van der Waals surface area (Å²) in [6.45, 7) is 3.66. The number of aromatic nitrogens is 1. The molecule has 1 amide bonds. The van der Waals surface area contributed by atoms with E-state index in [1.165, 1.54) is 0 Å². The van der Waals surface area contributed by atoms with Crippen molar-refractivity contribution in [3.05, 3.63) is 53.4 Å². The van der Waals surface area contributed by atoms with E-state index in [1.54, 1.807) is 37.3 Å². The average Bonchev–Trinajstić information content (AvgIpc) is 2.80. The third-order valence-electron chi connectivity index (χ3n) is 3.26. The zero-order valence-electron chi connectivity index (χ0n) is 11.8. The highest BCUT2D eigenvalue weighted by atomic mass is 16.3. The molecule has 3 N–H and O–H groups in total. The van der Waals surface area contributed by atoms with Crippen LogP contribution in [0.15, 0.2) is 40.8 Å². The van der Waals surface area contributed by atoms with E-state index in [0.717, 1.165) is 11.1 Å². The fraction of sp³-hybridized carbons (Fsp3) is 0.125. The van der Waals surface area contributed by atoms with Gasteiger partial charge >= 0.3 is 0 Å². The fourth-order valence-corrected chi connectivity index (χ4v) is 2.20. The number of rotatable bonds is 2. The van der Waals surface area contributed by atoms with Crippen molar-refractivity contribution in [1.82, 2.24) is 4.98 Å². The first-order valence-electron chi connectivity index (χ1n) is 6.57. The Bertz CT molecular complexity index is 837. The average molecular weight is 281 g/mol. The SMILES string of the molecule is Cc1nc2cc(NC(=O)c3cc(N)ccc3C)ccc2o1. The molecule has 0 radical (unpaired) electrons. The molecular formula is C16H15N3O2. The van der Waals surface area contributed by atoms with E-state index in [4.69, 9.17) is 10.2 Å². The van der Waals surface area contributed by atoms with Gasteiger partial charge in [-0.3, -0.25) is 4.79 Å². The zero-order valence-corrected chi connectivity index (χ0v) is 11.8. The number of nitrogen functional groups attached to an aromatic ring is 1. The Hall–Kier alpha value is -2.82. The van der Waals surface area contributed by atoms with Crippen LogP contribution in [-0.4, -0.2) is 10.9 Å². The van der Waals surface area contributed by atoms with Gasteiger partial charge < -0.3 is 15.5 Å². The number of hydrogen-bond acceptors (Lipinski definition) is 4. The molecule has 5 heteroatoms. The second-order valence-electron chi connectivity index (χ2n) is 4.94. The van der Waals surface area contributed by atoms with Crippen LogP contribution in [0.1, 0.15) is 21.8 Å². The van der Waals surface area contributed by atoms with E-state index >= 15 is 0 Å². The van der Waals surface area contributed by atoms with Gasteiger partial charge in [0, 0.05) is 23.9 Å². The molecule has 1 heterocycles. The molecule has 0 unspecified atom stereocenters. The highest BCUT2D eigenvalue weighted by Gasteiger charge is 2.11. The van der Waals surface area contributed by atoms with Gasteiger partial charge in [-0.25, -0.2) is 4.98 Å². The van der Waals surface area contributed by atoms with Gasteiger partial charge in [0.05, 0.1) is 0 Å². The van der Waals surface area contributed by atoms with Crippen LogP contribution < -0.4 is 11.1 Å². The number of benzene rings is 2. The van der Waals surface area contributed by atoms with Crippen LogP contribution in [0.5, 0.6) is 0 Å². The van der Waals surface area contributed by atoms with E-state index in [1.807, 2.05) is 13.0 Å². The lowest BCUT2D eigenvalue weighted by Gasteiger charge is -2.08. The van der Waals surface area contributed by atoms with Gasteiger partial charge in [-0.2, -0.15) is 0 Å². The molecule has 0 atom stereocenters. The van der Waals surface area contributed by atoms with Crippen molar-refractivity contribution in [2.24, 2.45) is 0 Å². The number of nitrogens with two attached hydrogens (primary N) is 1. The Balaban J connectivity index is 1.90. The van der Waals surface area contributed by atoms with E-state index in [2.05, 4.69) is 10.3 Å². The second-order valence-corrected chi connectivity index (χ2v) is 4.94. The summed E-state index contributed by atoms with van der Waals surface area (Å²) in [5, 5.41) is 2.85. The van der Waals surface area contributed by atoms with E-state index in [9.17, 15) is 4.79 Å². The molecule has 0 saturated heterocycles. The molecule has 0 aliphatic carbocycles. The van der Waals surface area contributed by atoms with Crippen LogP contribution >= 0.6 is 0 Å². The molecule has 0 spiro atoms. The number of hydrogen-bond donors (Lipinski definition) is 2. The van der Waals surface area contributed by atoms with E-state index < -0.39 is 0 Å². The monoisotopic (exact) mass is 281 g/mol. The van der Waals surface area contributed by atoms with Crippen LogP contribution in [0.2, 0.25) is 0 Å². The molecule has 0 bridgehead atoms. The van der Waals surface area contributed by atoms with E-state index in [0.29, 0.717) is 28.4 Å². The number of fused-ring (bicyclic) bond motifs is 1.